The third-order valence-corrected chi connectivity index (χ3v) is 3.67. The summed E-state index contributed by atoms with van der Waals surface area (Å²) in [6.07, 6.45) is 1.62. The van der Waals surface area contributed by atoms with E-state index in [4.69, 9.17) is 4.74 Å². The van der Waals surface area contributed by atoms with E-state index in [0.29, 0.717) is 5.75 Å². The summed E-state index contributed by atoms with van der Waals surface area (Å²) in [7, 11) is 0. The minimum atomic E-state index is -0.295. The largest absolute Gasteiger partial charge is 0.484 e. The monoisotopic (exact) mass is 327 g/mol. The molecule has 1 aromatic carbocycles. The van der Waals surface area contributed by atoms with Crippen LogP contribution in [0.15, 0.2) is 35.4 Å². The van der Waals surface area contributed by atoms with E-state index in [1.807, 2.05) is 44.2 Å². The van der Waals surface area contributed by atoms with Gasteiger partial charge in [0.2, 0.25) is 0 Å². The lowest BCUT2D eigenvalue weighted by molar-refractivity contribution is -0.123. The van der Waals surface area contributed by atoms with Crippen LogP contribution in [0.1, 0.15) is 43.3 Å². The van der Waals surface area contributed by atoms with E-state index in [1.54, 1.807) is 6.21 Å². The van der Waals surface area contributed by atoms with E-state index >= 15 is 0 Å². The van der Waals surface area contributed by atoms with Crippen molar-refractivity contribution in [2.45, 2.75) is 40.0 Å². The van der Waals surface area contributed by atoms with Crippen LogP contribution in [0.3, 0.4) is 0 Å². The van der Waals surface area contributed by atoms with Gasteiger partial charge in [0.25, 0.3) is 5.91 Å². The topological polar surface area (TPSA) is 66.5 Å². The minimum absolute atomic E-state index is 0.0721. The SMILES string of the molecule is Cc1cc(/C=N/NC(=O)COc2ccc(C(C)(C)C)cc2)c(C)[nH]1. The standard InChI is InChI=1S/C19H25N3O2/c1-13-10-15(14(2)21-13)11-20-22-18(23)12-24-17-8-6-16(7-9-17)19(3,4)5/h6-11,21H,12H2,1-5H3,(H,22,23)/b20-11+. The number of aryl methyl sites for hydroxylation is 2. The number of nitrogens with one attached hydrogen (secondary N) is 2. The number of benzene rings is 1. The summed E-state index contributed by atoms with van der Waals surface area (Å²) in [5.74, 6) is 0.371. The summed E-state index contributed by atoms with van der Waals surface area (Å²) in [6.45, 7) is 10.3. The molecule has 0 radical (unpaired) electrons. The van der Waals surface area contributed by atoms with Crippen molar-refractivity contribution in [3.8, 4) is 5.75 Å². The van der Waals surface area contributed by atoms with Gasteiger partial charge in [-0.1, -0.05) is 32.9 Å². The maximum atomic E-state index is 11.8. The molecule has 0 spiro atoms. The van der Waals surface area contributed by atoms with E-state index in [-0.39, 0.29) is 17.9 Å². The Morgan fingerprint density at radius 2 is 1.92 bits per heavy atom. The first kappa shape index (κ1) is 17.8. The van der Waals surface area contributed by atoms with Gasteiger partial charge < -0.3 is 9.72 Å². The van der Waals surface area contributed by atoms with Crippen LogP contribution in [0.5, 0.6) is 5.75 Å². The van der Waals surface area contributed by atoms with Gasteiger partial charge in [0.05, 0.1) is 6.21 Å². The van der Waals surface area contributed by atoms with Gasteiger partial charge in [-0.3, -0.25) is 4.79 Å². The number of nitrogens with zero attached hydrogens (tertiary/aromatic N) is 1. The molecule has 5 nitrogen and oxygen atoms in total. The number of hydrazone groups is 1. The Morgan fingerprint density at radius 1 is 1.25 bits per heavy atom. The Kier molecular flexibility index (Phi) is 5.44. The highest BCUT2D eigenvalue weighted by Gasteiger charge is 2.13. The lowest BCUT2D eigenvalue weighted by atomic mass is 9.87. The van der Waals surface area contributed by atoms with Crippen molar-refractivity contribution in [3.63, 3.8) is 0 Å². The second-order valence-corrected chi connectivity index (χ2v) is 6.89. The van der Waals surface area contributed by atoms with Gasteiger partial charge in [-0.05, 0) is 43.0 Å². The highest BCUT2D eigenvalue weighted by Crippen LogP contribution is 2.24. The fourth-order valence-corrected chi connectivity index (χ4v) is 2.29. The third-order valence-electron chi connectivity index (χ3n) is 3.67. The molecule has 5 heteroatoms. The normalized spacial score (nSPS) is 11.7. The summed E-state index contributed by atoms with van der Waals surface area (Å²) in [5, 5.41) is 3.95. The van der Waals surface area contributed by atoms with Crippen molar-refractivity contribution in [1.82, 2.24) is 10.4 Å². The Bertz CT molecular complexity index is 722. The number of H-pyrrole nitrogens is 1. The number of carbonyl (C=O) groups is 1. The van der Waals surface area contributed by atoms with Gasteiger partial charge in [0.15, 0.2) is 6.61 Å². The Morgan fingerprint density at radius 3 is 2.46 bits per heavy atom. The zero-order chi connectivity index (χ0) is 17.7. The van der Waals surface area contributed by atoms with Crippen LogP contribution in [0.25, 0.3) is 0 Å². The molecule has 2 aromatic rings. The molecule has 24 heavy (non-hydrogen) atoms. The van der Waals surface area contributed by atoms with Gasteiger partial charge >= 0.3 is 0 Å². The zero-order valence-electron chi connectivity index (χ0n) is 14.9. The summed E-state index contributed by atoms with van der Waals surface area (Å²) in [5.41, 5.74) is 6.81. The van der Waals surface area contributed by atoms with Crippen molar-refractivity contribution in [3.05, 3.63) is 52.8 Å². The molecule has 0 aliphatic heterocycles. The third kappa shape index (κ3) is 4.98. The average Bonchev–Trinajstić information content (AvgIpc) is 2.82. The van der Waals surface area contributed by atoms with Crippen LogP contribution in [0.2, 0.25) is 0 Å². The highest BCUT2D eigenvalue weighted by molar-refractivity contribution is 5.84. The van der Waals surface area contributed by atoms with Crippen LogP contribution in [-0.4, -0.2) is 23.7 Å². The summed E-state index contributed by atoms with van der Waals surface area (Å²) in [4.78, 5) is 14.9. The number of ether oxygens (including phenoxy) is 1. The number of aromatic nitrogens is 1. The van der Waals surface area contributed by atoms with Crippen molar-refractivity contribution in [1.29, 1.82) is 0 Å². The predicted octanol–water partition coefficient (Wildman–Crippen LogP) is 3.46. The fourth-order valence-electron chi connectivity index (χ4n) is 2.29. The van der Waals surface area contributed by atoms with E-state index in [1.165, 1.54) is 5.56 Å². The van der Waals surface area contributed by atoms with Crippen LogP contribution in [0.4, 0.5) is 0 Å². The molecule has 0 unspecified atom stereocenters. The van der Waals surface area contributed by atoms with E-state index < -0.39 is 0 Å². The number of carbonyl (C=O) groups excluding carboxylic acids is 1. The van der Waals surface area contributed by atoms with Crippen LogP contribution < -0.4 is 10.2 Å². The van der Waals surface area contributed by atoms with E-state index in [2.05, 4.69) is 36.3 Å². The number of aromatic amines is 1. The molecule has 0 aliphatic carbocycles. The predicted molar refractivity (Wildman–Crippen MR) is 96.6 cm³/mol. The molecule has 0 saturated heterocycles. The molecule has 128 valence electrons. The quantitative estimate of drug-likeness (QED) is 0.652. The Hall–Kier alpha value is -2.56. The fraction of sp³-hybridized carbons (Fsp3) is 0.368. The first-order valence-electron chi connectivity index (χ1n) is 7.97. The van der Waals surface area contributed by atoms with Gasteiger partial charge in [-0.25, -0.2) is 5.43 Å². The molecule has 1 heterocycles. The summed E-state index contributed by atoms with van der Waals surface area (Å²) < 4.78 is 5.47. The number of amides is 1. The van der Waals surface area contributed by atoms with Gasteiger partial charge in [-0.2, -0.15) is 5.10 Å². The first-order chi connectivity index (χ1) is 11.3. The zero-order valence-corrected chi connectivity index (χ0v) is 14.9. The summed E-state index contributed by atoms with van der Waals surface area (Å²) >= 11 is 0. The van der Waals surface area contributed by atoms with E-state index in [9.17, 15) is 4.79 Å². The molecule has 0 saturated carbocycles. The van der Waals surface area contributed by atoms with E-state index in [0.717, 1.165) is 17.0 Å². The smallest absolute Gasteiger partial charge is 0.277 e. The molecular weight excluding hydrogens is 302 g/mol. The number of hydrogen-bond donors (Lipinski definition) is 2. The Balaban J connectivity index is 1.82. The van der Waals surface area contributed by atoms with Crippen LogP contribution in [0, 0.1) is 13.8 Å². The molecule has 1 aromatic heterocycles. The van der Waals surface area contributed by atoms with Crippen molar-refractivity contribution in [2.24, 2.45) is 5.10 Å². The second kappa shape index (κ2) is 7.34. The van der Waals surface area contributed by atoms with Crippen molar-refractivity contribution >= 4 is 12.1 Å². The van der Waals surface area contributed by atoms with Gasteiger partial charge in [0.1, 0.15) is 5.75 Å². The van der Waals surface area contributed by atoms with Crippen LogP contribution in [-0.2, 0) is 10.2 Å². The Labute approximate surface area is 143 Å². The lowest BCUT2D eigenvalue weighted by Gasteiger charge is -2.19. The average molecular weight is 327 g/mol. The lowest BCUT2D eigenvalue weighted by Crippen LogP contribution is -2.24. The maximum absolute atomic E-state index is 11.8. The number of rotatable bonds is 5. The van der Waals surface area contributed by atoms with Crippen LogP contribution >= 0.6 is 0 Å². The number of hydrogen-bond acceptors (Lipinski definition) is 3. The second-order valence-electron chi connectivity index (χ2n) is 6.89. The maximum Gasteiger partial charge on any atom is 0.277 e. The van der Waals surface area contributed by atoms with Crippen molar-refractivity contribution < 1.29 is 9.53 Å². The van der Waals surface area contributed by atoms with Crippen molar-refractivity contribution in [2.75, 3.05) is 6.61 Å². The minimum Gasteiger partial charge on any atom is -0.484 e. The summed E-state index contributed by atoms with van der Waals surface area (Å²) in [6, 6.07) is 9.76. The van der Waals surface area contributed by atoms with Gasteiger partial charge in [-0.15, -0.1) is 0 Å². The molecule has 0 bridgehead atoms. The molecule has 2 N–H and O–H groups in total. The molecule has 1 amide bonds. The molecule has 0 fully saturated rings. The first-order valence-corrected chi connectivity index (χ1v) is 7.97. The molecular formula is C19H25N3O2. The molecule has 0 atom stereocenters. The molecule has 0 aliphatic rings. The highest BCUT2D eigenvalue weighted by atomic mass is 16.5. The molecule has 2 rings (SSSR count). The van der Waals surface area contributed by atoms with Gasteiger partial charge in [0, 0.05) is 17.0 Å².